The van der Waals surface area contributed by atoms with Crippen molar-refractivity contribution in [3.63, 3.8) is 0 Å². The molecular formula is C22H19FN2O5S. The van der Waals surface area contributed by atoms with Gasteiger partial charge in [0.2, 0.25) is 0 Å². The van der Waals surface area contributed by atoms with Crippen molar-refractivity contribution < 1.29 is 28.2 Å². The molecular weight excluding hydrogens is 423 g/mol. The van der Waals surface area contributed by atoms with Gasteiger partial charge < -0.3 is 20.5 Å². The van der Waals surface area contributed by atoms with Crippen LogP contribution in [0.2, 0.25) is 0 Å². The summed E-state index contributed by atoms with van der Waals surface area (Å²) in [5.74, 6) is -2.13. The molecule has 9 heteroatoms. The second kappa shape index (κ2) is 9.86. The van der Waals surface area contributed by atoms with Crippen molar-refractivity contribution in [2.45, 2.75) is 19.6 Å². The third-order valence-electron chi connectivity index (χ3n) is 4.24. The largest absolute Gasteiger partial charge is 0.488 e. The van der Waals surface area contributed by atoms with Crippen molar-refractivity contribution in [1.29, 1.82) is 0 Å². The van der Waals surface area contributed by atoms with E-state index < -0.39 is 23.9 Å². The molecule has 0 aliphatic heterocycles. The number of primary amides is 1. The number of thiophene rings is 1. The van der Waals surface area contributed by atoms with E-state index in [1.165, 1.54) is 31.2 Å². The maximum absolute atomic E-state index is 13.0. The molecule has 7 nitrogen and oxygen atoms in total. The molecule has 3 N–H and O–H groups in total. The number of rotatable bonds is 8. The zero-order valence-electron chi connectivity index (χ0n) is 16.5. The van der Waals surface area contributed by atoms with Crippen molar-refractivity contribution >= 4 is 34.1 Å². The van der Waals surface area contributed by atoms with Gasteiger partial charge in [0.05, 0.1) is 5.56 Å². The van der Waals surface area contributed by atoms with Crippen LogP contribution >= 0.6 is 11.3 Å². The van der Waals surface area contributed by atoms with Crippen molar-refractivity contribution in [2.75, 3.05) is 5.32 Å². The van der Waals surface area contributed by atoms with Gasteiger partial charge in [0.15, 0.2) is 6.10 Å². The Hall–Kier alpha value is -3.72. The highest BCUT2D eigenvalue weighted by atomic mass is 32.1. The van der Waals surface area contributed by atoms with Crippen LogP contribution < -0.4 is 15.8 Å². The molecule has 0 aliphatic carbocycles. The Morgan fingerprint density at radius 2 is 1.77 bits per heavy atom. The highest BCUT2D eigenvalue weighted by Crippen LogP contribution is 2.24. The molecule has 2 amide bonds. The third-order valence-corrected chi connectivity index (χ3v) is 5.06. The Labute approximate surface area is 181 Å². The number of hydrogen-bond donors (Lipinski definition) is 2. The third kappa shape index (κ3) is 5.67. The summed E-state index contributed by atoms with van der Waals surface area (Å²) < 4.78 is 24.0. The van der Waals surface area contributed by atoms with Gasteiger partial charge in [0.1, 0.15) is 28.7 Å². The zero-order chi connectivity index (χ0) is 22.4. The Morgan fingerprint density at radius 1 is 1.06 bits per heavy atom. The van der Waals surface area contributed by atoms with E-state index in [1.54, 1.807) is 35.7 Å². The van der Waals surface area contributed by atoms with Crippen LogP contribution in [0.15, 0.2) is 60.0 Å². The lowest BCUT2D eigenvalue weighted by atomic mass is 10.2. The smallest absolute Gasteiger partial charge is 0.342 e. The molecule has 0 bridgehead atoms. The van der Waals surface area contributed by atoms with Gasteiger partial charge >= 0.3 is 5.97 Å². The van der Waals surface area contributed by atoms with Gasteiger partial charge in [-0.25, -0.2) is 9.18 Å². The predicted octanol–water partition coefficient (Wildman–Crippen LogP) is 3.75. The minimum Gasteiger partial charge on any atom is -0.488 e. The Morgan fingerprint density at radius 3 is 2.48 bits per heavy atom. The van der Waals surface area contributed by atoms with Crippen LogP contribution in [-0.2, 0) is 16.1 Å². The van der Waals surface area contributed by atoms with Gasteiger partial charge in [0.25, 0.3) is 11.8 Å². The molecule has 0 saturated heterocycles. The first kappa shape index (κ1) is 22.0. The second-order valence-corrected chi connectivity index (χ2v) is 7.39. The number of halogens is 1. The molecule has 0 unspecified atom stereocenters. The van der Waals surface area contributed by atoms with E-state index in [0.717, 1.165) is 16.9 Å². The van der Waals surface area contributed by atoms with Crippen LogP contribution in [0.5, 0.6) is 5.75 Å². The number of nitrogens with one attached hydrogen (secondary N) is 1. The molecule has 0 saturated carbocycles. The van der Waals surface area contributed by atoms with Crippen molar-refractivity contribution in [2.24, 2.45) is 5.73 Å². The number of carbonyl (C=O) groups is 3. The Bertz CT molecular complexity index is 1100. The molecule has 160 valence electrons. The Kier molecular flexibility index (Phi) is 6.99. The molecule has 0 radical (unpaired) electrons. The van der Waals surface area contributed by atoms with Gasteiger partial charge in [-0.15, -0.1) is 11.3 Å². The van der Waals surface area contributed by atoms with E-state index >= 15 is 0 Å². The van der Waals surface area contributed by atoms with Crippen LogP contribution in [0, 0.1) is 5.82 Å². The van der Waals surface area contributed by atoms with E-state index in [-0.39, 0.29) is 34.3 Å². The van der Waals surface area contributed by atoms with Crippen LogP contribution in [0.25, 0.3) is 0 Å². The first-order chi connectivity index (χ1) is 14.8. The van der Waals surface area contributed by atoms with E-state index in [4.69, 9.17) is 15.2 Å². The molecule has 3 aromatic rings. The molecule has 1 atom stereocenters. The number of esters is 1. The summed E-state index contributed by atoms with van der Waals surface area (Å²) in [5.41, 5.74) is 6.30. The monoisotopic (exact) mass is 442 g/mol. The van der Waals surface area contributed by atoms with Gasteiger partial charge in [-0.1, -0.05) is 24.3 Å². The highest BCUT2D eigenvalue weighted by molar-refractivity contribution is 7.14. The molecule has 2 aromatic carbocycles. The average molecular weight is 442 g/mol. The Balaban J connectivity index is 1.64. The van der Waals surface area contributed by atoms with Crippen LogP contribution in [-0.4, -0.2) is 23.9 Å². The number of para-hydroxylation sites is 1. The fourth-order valence-corrected chi connectivity index (χ4v) is 3.39. The molecule has 0 fully saturated rings. The number of hydrogen-bond acceptors (Lipinski definition) is 6. The van der Waals surface area contributed by atoms with Gasteiger partial charge in [-0.05, 0) is 48.2 Å². The van der Waals surface area contributed by atoms with Crippen molar-refractivity contribution in [3.8, 4) is 5.75 Å². The minimum absolute atomic E-state index is 0.120. The number of benzene rings is 2. The molecule has 1 heterocycles. The summed E-state index contributed by atoms with van der Waals surface area (Å²) >= 11 is 1.13. The normalized spacial score (nSPS) is 11.4. The van der Waals surface area contributed by atoms with Gasteiger partial charge in [-0.3, -0.25) is 9.59 Å². The number of ether oxygens (including phenoxy) is 2. The van der Waals surface area contributed by atoms with Gasteiger partial charge in [0, 0.05) is 0 Å². The molecule has 3 rings (SSSR count). The van der Waals surface area contributed by atoms with Crippen LogP contribution in [0.4, 0.5) is 9.39 Å². The summed E-state index contributed by atoms with van der Waals surface area (Å²) in [6.45, 7) is 1.53. The van der Waals surface area contributed by atoms with E-state index in [9.17, 15) is 18.8 Å². The molecule has 1 aromatic heterocycles. The van der Waals surface area contributed by atoms with Crippen molar-refractivity contribution in [3.05, 3.63) is 82.5 Å². The molecule has 0 spiro atoms. The van der Waals surface area contributed by atoms with Gasteiger partial charge in [-0.2, -0.15) is 0 Å². The topological polar surface area (TPSA) is 108 Å². The van der Waals surface area contributed by atoms with Crippen LogP contribution in [0.3, 0.4) is 0 Å². The fourth-order valence-electron chi connectivity index (χ4n) is 2.59. The first-order valence-electron chi connectivity index (χ1n) is 9.20. The quantitative estimate of drug-likeness (QED) is 0.517. The summed E-state index contributed by atoms with van der Waals surface area (Å²) in [5, 5.41) is 4.43. The van der Waals surface area contributed by atoms with E-state index in [2.05, 4.69) is 5.32 Å². The summed E-state index contributed by atoms with van der Waals surface area (Å²) in [6, 6.07) is 13.7. The SMILES string of the molecule is C[C@@H](OC(=O)c1ccccc1OCc1ccc(F)cc1)C(=O)Nc1sccc1C(N)=O. The lowest BCUT2D eigenvalue weighted by molar-refractivity contribution is -0.123. The maximum atomic E-state index is 13.0. The summed E-state index contributed by atoms with van der Waals surface area (Å²) in [4.78, 5) is 36.4. The maximum Gasteiger partial charge on any atom is 0.342 e. The zero-order valence-corrected chi connectivity index (χ0v) is 17.3. The van der Waals surface area contributed by atoms with E-state index in [1.807, 2.05) is 0 Å². The second-order valence-electron chi connectivity index (χ2n) is 6.48. The lowest BCUT2D eigenvalue weighted by Gasteiger charge is -2.15. The number of nitrogens with two attached hydrogens (primary N) is 1. The average Bonchev–Trinajstić information content (AvgIpc) is 3.22. The standard InChI is InChI=1S/C22H19FN2O5S/c1-13(20(27)25-21-17(19(24)26)10-11-31-21)30-22(28)16-4-2-3-5-18(16)29-12-14-6-8-15(23)9-7-14/h2-11,13H,12H2,1H3,(H2,24,26)(H,25,27)/t13-/m1/s1. The first-order valence-corrected chi connectivity index (χ1v) is 10.1. The van der Waals surface area contributed by atoms with Crippen LogP contribution in [0.1, 0.15) is 33.2 Å². The lowest BCUT2D eigenvalue weighted by Crippen LogP contribution is -2.30. The summed E-state index contributed by atoms with van der Waals surface area (Å²) in [7, 11) is 0. The molecule has 0 aliphatic rings. The highest BCUT2D eigenvalue weighted by Gasteiger charge is 2.23. The summed E-state index contributed by atoms with van der Waals surface area (Å²) in [6.07, 6.45) is -1.14. The van der Waals surface area contributed by atoms with Crippen molar-refractivity contribution in [1.82, 2.24) is 0 Å². The fraction of sp³-hybridized carbons (Fsp3) is 0.136. The van der Waals surface area contributed by atoms with E-state index in [0.29, 0.717) is 0 Å². The molecule has 31 heavy (non-hydrogen) atoms. The predicted molar refractivity (Wildman–Crippen MR) is 114 cm³/mol. The number of amides is 2. The minimum atomic E-state index is -1.14. The number of carbonyl (C=O) groups excluding carboxylic acids is 3. The number of anilines is 1.